The molecule has 20 heavy (non-hydrogen) atoms. The van der Waals surface area contributed by atoms with Gasteiger partial charge in [-0.25, -0.2) is 0 Å². The van der Waals surface area contributed by atoms with Crippen molar-refractivity contribution in [3.63, 3.8) is 0 Å². The Hall–Kier alpha value is -1.66. The molecule has 1 amide bonds. The molecule has 2 rings (SSSR count). The van der Waals surface area contributed by atoms with Crippen molar-refractivity contribution in [3.8, 4) is 0 Å². The Labute approximate surface area is 126 Å². The molecule has 0 aliphatic carbocycles. The second-order valence-corrected chi connectivity index (χ2v) is 5.38. The molecule has 0 fully saturated rings. The van der Waals surface area contributed by atoms with Crippen molar-refractivity contribution in [2.24, 2.45) is 7.05 Å². The predicted octanol–water partition coefficient (Wildman–Crippen LogP) is 1.70. The van der Waals surface area contributed by atoms with E-state index in [9.17, 15) is 4.79 Å². The van der Waals surface area contributed by atoms with Crippen LogP contribution in [0.15, 0.2) is 41.1 Å². The van der Waals surface area contributed by atoms with Crippen molar-refractivity contribution in [1.82, 2.24) is 20.4 Å². The van der Waals surface area contributed by atoms with Crippen LogP contribution in [0.1, 0.15) is 15.9 Å². The minimum atomic E-state index is -0.0549. The first kappa shape index (κ1) is 14.7. The van der Waals surface area contributed by atoms with E-state index in [-0.39, 0.29) is 5.91 Å². The van der Waals surface area contributed by atoms with E-state index in [1.807, 2.05) is 31.6 Å². The van der Waals surface area contributed by atoms with Gasteiger partial charge < -0.3 is 10.6 Å². The van der Waals surface area contributed by atoms with Crippen molar-refractivity contribution in [2.45, 2.75) is 6.54 Å². The number of amides is 1. The number of carbonyl (C=O) groups excluding carboxylic acids is 1. The van der Waals surface area contributed by atoms with Gasteiger partial charge in [-0.1, -0.05) is 15.9 Å². The van der Waals surface area contributed by atoms with Gasteiger partial charge in [0.25, 0.3) is 5.91 Å². The molecule has 1 aromatic carbocycles. The third-order valence-electron chi connectivity index (χ3n) is 2.78. The van der Waals surface area contributed by atoms with Crippen molar-refractivity contribution in [3.05, 3.63) is 52.3 Å². The van der Waals surface area contributed by atoms with E-state index in [1.54, 1.807) is 16.8 Å². The molecular weight excluding hydrogens is 320 g/mol. The lowest BCUT2D eigenvalue weighted by molar-refractivity contribution is 0.0954. The Balaban J connectivity index is 1.65. The maximum Gasteiger partial charge on any atom is 0.251 e. The molecule has 5 nitrogen and oxygen atoms in total. The Bertz CT molecular complexity index is 565. The van der Waals surface area contributed by atoms with E-state index < -0.39 is 0 Å². The van der Waals surface area contributed by atoms with E-state index in [2.05, 4.69) is 31.7 Å². The fourth-order valence-corrected chi connectivity index (χ4v) is 2.03. The first-order chi connectivity index (χ1) is 9.65. The van der Waals surface area contributed by atoms with Crippen LogP contribution in [-0.2, 0) is 13.6 Å². The third kappa shape index (κ3) is 4.47. The van der Waals surface area contributed by atoms with Crippen LogP contribution in [-0.4, -0.2) is 28.8 Å². The Morgan fingerprint density at radius 3 is 2.70 bits per heavy atom. The van der Waals surface area contributed by atoms with Crippen LogP contribution in [0.4, 0.5) is 0 Å². The Morgan fingerprint density at radius 1 is 1.30 bits per heavy atom. The predicted molar refractivity (Wildman–Crippen MR) is 81.4 cm³/mol. The molecule has 106 valence electrons. The summed E-state index contributed by atoms with van der Waals surface area (Å²) in [5, 5.41) is 10.2. The Kier molecular flexibility index (Phi) is 5.31. The lowest BCUT2D eigenvalue weighted by Gasteiger charge is -2.06. The van der Waals surface area contributed by atoms with Gasteiger partial charge in [0, 0.05) is 48.5 Å². The minimum absolute atomic E-state index is 0.0549. The summed E-state index contributed by atoms with van der Waals surface area (Å²) in [6.45, 7) is 2.06. The molecule has 2 aromatic rings. The molecule has 6 heteroatoms. The van der Waals surface area contributed by atoms with Crippen molar-refractivity contribution in [1.29, 1.82) is 0 Å². The molecule has 0 atom stereocenters. The van der Waals surface area contributed by atoms with Gasteiger partial charge in [-0.05, 0) is 24.3 Å². The summed E-state index contributed by atoms with van der Waals surface area (Å²) in [6.07, 6.45) is 3.79. The minimum Gasteiger partial charge on any atom is -0.351 e. The maximum atomic E-state index is 11.8. The van der Waals surface area contributed by atoms with E-state index in [1.165, 1.54) is 0 Å². The number of carbonyl (C=O) groups is 1. The summed E-state index contributed by atoms with van der Waals surface area (Å²) >= 11 is 3.34. The molecule has 0 saturated carbocycles. The lowest BCUT2D eigenvalue weighted by atomic mass is 10.2. The number of halogens is 1. The number of nitrogens with zero attached hydrogens (tertiary/aromatic N) is 2. The van der Waals surface area contributed by atoms with Crippen LogP contribution in [0.5, 0.6) is 0 Å². The molecule has 0 unspecified atom stereocenters. The number of rotatable bonds is 6. The molecule has 1 aromatic heterocycles. The summed E-state index contributed by atoms with van der Waals surface area (Å²) in [5.74, 6) is -0.0549. The highest BCUT2D eigenvalue weighted by Crippen LogP contribution is 2.10. The fraction of sp³-hybridized carbons (Fsp3) is 0.286. The van der Waals surface area contributed by atoms with Crippen LogP contribution in [0.3, 0.4) is 0 Å². The van der Waals surface area contributed by atoms with Crippen LogP contribution in [0, 0.1) is 0 Å². The zero-order chi connectivity index (χ0) is 14.4. The van der Waals surface area contributed by atoms with Crippen LogP contribution >= 0.6 is 15.9 Å². The third-order valence-corrected chi connectivity index (χ3v) is 3.31. The van der Waals surface area contributed by atoms with Gasteiger partial charge in [0.05, 0.1) is 6.20 Å². The van der Waals surface area contributed by atoms with Crippen LogP contribution in [0.25, 0.3) is 0 Å². The number of aryl methyl sites for hydroxylation is 1. The quantitative estimate of drug-likeness (QED) is 0.789. The smallest absolute Gasteiger partial charge is 0.251 e. The number of hydrogen-bond donors (Lipinski definition) is 2. The second-order valence-electron chi connectivity index (χ2n) is 4.46. The summed E-state index contributed by atoms with van der Waals surface area (Å²) in [5.41, 5.74) is 1.80. The highest BCUT2D eigenvalue weighted by Gasteiger charge is 2.03. The van der Waals surface area contributed by atoms with Gasteiger partial charge in [0.1, 0.15) is 0 Å². The highest BCUT2D eigenvalue weighted by molar-refractivity contribution is 9.10. The topological polar surface area (TPSA) is 59.0 Å². The molecule has 0 spiro atoms. The monoisotopic (exact) mass is 336 g/mol. The highest BCUT2D eigenvalue weighted by atomic mass is 79.9. The number of hydrogen-bond acceptors (Lipinski definition) is 3. The molecule has 0 aliphatic heterocycles. The summed E-state index contributed by atoms with van der Waals surface area (Å²) in [4.78, 5) is 11.8. The van der Waals surface area contributed by atoms with Crippen molar-refractivity contribution < 1.29 is 4.79 Å². The molecule has 0 bridgehead atoms. The second kappa shape index (κ2) is 7.21. The Morgan fingerprint density at radius 2 is 2.05 bits per heavy atom. The average Bonchev–Trinajstić information content (AvgIpc) is 2.84. The van der Waals surface area contributed by atoms with Gasteiger partial charge in [-0.2, -0.15) is 5.10 Å². The van der Waals surface area contributed by atoms with Gasteiger partial charge in [0.15, 0.2) is 0 Å². The van der Waals surface area contributed by atoms with Gasteiger partial charge in [-0.15, -0.1) is 0 Å². The fourth-order valence-electron chi connectivity index (χ4n) is 1.76. The van der Waals surface area contributed by atoms with E-state index in [0.29, 0.717) is 12.1 Å². The summed E-state index contributed by atoms with van der Waals surface area (Å²) < 4.78 is 2.74. The average molecular weight is 337 g/mol. The van der Waals surface area contributed by atoms with Gasteiger partial charge >= 0.3 is 0 Å². The first-order valence-electron chi connectivity index (χ1n) is 6.37. The molecule has 0 radical (unpaired) electrons. The summed E-state index contributed by atoms with van der Waals surface area (Å²) in [6, 6.07) is 7.30. The molecule has 2 N–H and O–H groups in total. The van der Waals surface area contributed by atoms with Crippen molar-refractivity contribution in [2.75, 3.05) is 13.1 Å². The normalized spacial score (nSPS) is 10.5. The number of aromatic nitrogens is 2. The molecule has 1 heterocycles. The zero-order valence-corrected chi connectivity index (χ0v) is 12.9. The zero-order valence-electron chi connectivity index (χ0n) is 11.3. The number of benzene rings is 1. The van der Waals surface area contributed by atoms with Gasteiger partial charge in [-0.3, -0.25) is 9.48 Å². The molecular formula is C14H17BrN4O. The molecule has 0 saturated heterocycles. The van der Waals surface area contributed by atoms with E-state index in [4.69, 9.17) is 0 Å². The van der Waals surface area contributed by atoms with E-state index >= 15 is 0 Å². The van der Waals surface area contributed by atoms with Gasteiger partial charge in [0.2, 0.25) is 0 Å². The first-order valence-corrected chi connectivity index (χ1v) is 7.16. The SMILES string of the molecule is Cn1cc(CNCCNC(=O)c2ccc(Br)cc2)cn1. The maximum absolute atomic E-state index is 11.8. The van der Waals surface area contributed by atoms with Crippen molar-refractivity contribution >= 4 is 21.8 Å². The lowest BCUT2D eigenvalue weighted by Crippen LogP contribution is -2.31. The largest absolute Gasteiger partial charge is 0.351 e. The standard InChI is InChI=1S/C14H17BrN4O/c1-19-10-11(9-18-19)8-16-6-7-17-14(20)12-2-4-13(15)5-3-12/h2-5,9-10,16H,6-8H2,1H3,(H,17,20). The summed E-state index contributed by atoms with van der Waals surface area (Å²) in [7, 11) is 1.89. The van der Waals surface area contributed by atoms with E-state index in [0.717, 1.165) is 23.1 Å². The number of nitrogens with one attached hydrogen (secondary N) is 2. The van der Waals surface area contributed by atoms with Crippen LogP contribution in [0.2, 0.25) is 0 Å². The van der Waals surface area contributed by atoms with Crippen LogP contribution < -0.4 is 10.6 Å². The molecule has 0 aliphatic rings.